The Bertz CT molecular complexity index is 374. The van der Waals surface area contributed by atoms with E-state index in [1.54, 1.807) is 6.26 Å². The van der Waals surface area contributed by atoms with Crippen molar-refractivity contribution in [3.05, 3.63) is 24.2 Å². The lowest BCUT2D eigenvalue weighted by atomic mass is 10.0. The van der Waals surface area contributed by atoms with Gasteiger partial charge in [0.25, 0.3) is 0 Å². The van der Waals surface area contributed by atoms with Crippen molar-refractivity contribution in [3.63, 3.8) is 0 Å². The van der Waals surface area contributed by atoms with Crippen molar-refractivity contribution < 1.29 is 9.21 Å². The predicted molar refractivity (Wildman–Crippen MR) is 75.6 cm³/mol. The zero-order valence-electron chi connectivity index (χ0n) is 12.2. The highest BCUT2D eigenvalue weighted by Gasteiger charge is 2.20. The summed E-state index contributed by atoms with van der Waals surface area (Å²) in [4.78, 5) is 13.9. The third kappa shape index (κ3) is 5.04. The van der Waals surface area contributed by atoms with Crippen molar-refractivity contribution in [2.75, 3.05) is 20.6 Å². The molecule has 1 rings (SSSR count). The summed E-state index contributed by atoms with van der Waals surface area (Å²) in [5, 5.41) is 2.89. The molecule has 0 fully saturated rings. The van der Waals surface area contributed by atoms with E-state index in [0.717, 1.165) is 5.76 Å². The van der Waals surface area contributed by atoms with Gasteiger partial charge >= 0.3 is 0 Å². The minimum absolute atomic E-state index is 0.0187. The second kappa shape index (κ2) is 7.31. The maximum Gasteiger partial charge on any atom is 0.236 e. The van der Waals surface area contributed by atoms with E-state index in [-0.39, 0.29) is 11.9 Å². The molecule has 19 heavy (non-hydrogen) atoms. The number of rotatable bonds is 7. The van der Waals surface area contributed by atoms with Gasteiger partial charge in [0.05, 0.1) is 18.3 Å². The normalized spacial score (nSPS) is 14.7. The number of likely N-dealkylation sites (N-methyl/N-ethyl adjacent to an activating group) is 1. The Kier molecular flexibility index (Phi) is 6.05. The van der Waals surface area contributed by atoms with Gasteiger partial charge in [-0.3, -0.25) is 9.69 Å². The third-order valence-electron chi connectivity index (χ3n) is 3.03. The largest absolute Gasteiger partial charge is 0.468 e. The highest BCUT2D eigenvalue weighted by atomic mass is 16.3. The highest BCUT2D eigenvalue weighted by molar-refractivity contribution is 5.81. The van der Waals surface area contributed by atoms with Gasteiger partial charge in [-0.2, -0.15) is 0 Å². The lowest BCUT2D eigenvalue weighted by molar-refractivity contribution is -0.122. The van der Waals surface area contributed by atoms with Gasteiger partial charge in [0.1, 0.15) is 5.76 Å². The number of nitrogens with zero attached hydrogens (tertiary/aromatic N) is 1. The van der Waals surface area contributed by atoms with Crippen molar-refractivity contribution in [3.8, 4) is 0 Å². The first-order valence-corrected chi connectivity index (χ1v) is 6.65. The molecule has 0 saturated heterocycles. The lowest BCUT2D eigenvalue weighted by Crippen LogP contribution is -2.44. The summed E-state index contributed by atoms with van der Waals surface area (Å²) >= 11 is 0. The molecule has 0 saturated carbocycles. The molecule has 0 radical (unpaired) electrons. The summed E-state index contributed by atoms with van der Waals surface area (Å²) in [6, 6.07) is 3.33. The number of amides is 1. The molecule has 1 aromatic rings. The SMILES string of the molecule is CC(C)CC(N)C(=O)NCC(c1ccco1)N(C)C. The van der Waals surface area contributed by atoms with E-state index < -0.39 is 6.04 Å². The highest BCUT2D eigenvalue weighted by Crippen LogP contribution is 2.17. The first kappa shape index (κ1) is 15.7. The first-order chi connectivity index (χ1) is 8.91. The molecular formula is C14H25N3O2. The van der Waals surface area contributed by atoms with Gasteiger partial charge in [0.2, 0.25) is 5.91 Å². The van der Waals surface area contributed by atoms with Crippen LogP contribution >= 0.6 is 0 Å². The van der Waals surface area contributed by atoms with E-state index in [1.807, 2.05) is 31.1 Å². The van der Waals surface area contributed by atoms with Gasteiger partial charge in [-0.05, 0) is 38.6 Å². The number of hydrogen-bond donors (Lipinski definition) is 2. The Labute approximate surface area is 115 Å². The van der Waals surface area contributed by atoms with Crippen LogP contribution in [0.3, 0.4) is 0 Å². The van der Waals surface area contributed by atoms with Gasteiger partial charge in [-0.15, -0.1) is 0 Å². The summed E-state index contributed by atoms with van der Waals surface area (Å²) in [5.41, 5.74) is 5.85. The smallest absolute Gasteiger partial charge is 0.236 e. The molecule has 0 spiro atoms. The van der Waals surface area contributed by atoms with E-state index >= 15 is 0 Å². The second-order valence-corrected chi connectivity index (χ2v) is 5.48. The van der Waals surface area contributed by atoms with Gasteiger partial charge < -0.3 is 15.5 Å². The Morgan fingerprint density at radius 3 is 2.63 bits per heavy atom. The van der Waals surface area contributed by atoms with E-state index in [2.05, 4.69) is 19.2 Å². The van der Waals surface area contributed by atoms with Crippen LogP contribution in [0.5, 0.6) is 0 Å². The molecule has 1 aromatic heterocycles. The minimum atomic E-state index is -0.445. The Morgan fingerprint density at radius 1 is 1.47 bits per heavy atom. The second-order valence-electron chi connectivity index (χ2n) is 5.48. The summed E-state index contributed by atoms with van der Waals surface area (Å²) in [5.74, 6) is 1.14. The maximum atomic E-state index is 11.9. The van der Waals surface area contributed by atoms with Crippen LogP contribution in [-0.4, -0.2) is 37.5 Å². The summed E-state index contributed by atoms with van der Waals surface area (Å²) < 4.78 is 5.39. The van der Waals surface area contributed by atoms with Gasteiger partial charge in [0, 0.05) is 6.54 Å². The molecule has 1 amide bonds. The molecule has 2 atom stereocenters. The van der Waals surface area contributed by atoms with Gasteiger partial charge in [-0.1, -0.05) is 13.8 Å². The molecule has 108 valence electrons. The fourth-order valence-corrected chi connectivity index (χ4v) is 1.96. The van der Waals surface area contributed by atoms with Crippen molar-refractivity contribution in [2.45, 2.75) is 32.4 Å². The fraction of sp³-hybridized carbons (Fsp3) is 0.643. The number of furan rings is 1. The van der Waals surface area contributed by atoms with Crippen LogP contribution in [0, 0.1) is 5.92 Å². The molecule has 0 bridgehead atoms. The molecule has 5 nitrogen and oxygen atoms in total. The number of nitrogens with one attached hydrogen (secondary N) is 1. The first-order valence-electron chi connectivity index (χ1n) is 6.65. The minimum Gasteiger partial charge on any atom is -0.468 e. The number of hydrogen-bond acceptors (Lipinski definition) is 4. The van der Waals surface area contributed by atoms with Crippen molar-refractivity contribution in [1.82, 2.24) is 10.2 Å². The predicted octanol–water partition coefficient (Wildman–Crippen LogP) is 1.37. The quantitative estimate of drug-likeness (QED) is 0.782. The van der Waals surface area contributed by atoms with E-state index in [1.165, 1.54) is 0 Å². The van der Waals surface area contributed by atoms with Crippen molar-refractivity contribution in [2.24, 2.45) is 11.7 Å². The molecule has 0 aliphatic heterocycles. The maximum absolute atomic E-state index is 11.9. The Balaban J connectivity index is 2.51. The molecule has 0 aromatic carbocycles. The molecule has 1 heterocycles. The van der Waals surface area contributed by atoms with Crippen LogP contribution in [-0.2, 0) is 4.79 Å². The lowest BCUT2D eigenvalue weighted by Gasteiger charge is -2.23. The van der Waals surface area contributed by atoms with Crippen LogP contribution in [0.4, 0.5) is 0 Å². The van der Waals surface area contributed by atoms with E-state index in [0.29, 0.717) is 18.9 Å². The standard InChI is InChI=1S/C14H25N3O2/c1-10(2)8-11(15)14(18)16-9-12(17(3)4)13-6-5-7-19-13/h5-7,10-12H,8-9,15H2,1-4H3,(H,16,18). The van der Waals surface area contributed by atoms with Gasteiger partial charge in [-0.25, -0.2) is 0 Å². The summed E-state index contributed by atoms with van der Waals surface area (Å²) in [7, 11) is 3.90. The summed E-state index contributed by atoms with van der Waals surface area (Å²) in [6.45, 7) is 4.60. The average molecular weight is 267 g/mol. The van der Waals surface area contributed by atoms with E-state index in [9.17, 15) is 4.79 Å². The zero-order chi connectivity index (χ0) is 14.4. The topological polar surface area (TPSA) is 71.5 Å². The zero-order valence-corrected chi connectivity index (χ0v) is 12.2. The molecule has 2 unspecified atom stereocenters. The van der Waals surface area contributed by atoms with Crippen molar-refractivity contribution >= 4 is 5.91 Å². The monoisotopic (exact) mass is 267 g/mol. The van der Waals surface area contributed by atoms with Crippen LogP contribution in [0.25, 0.3) is 0 Å². The van der Waals surface area contributed by atoms with Crippen molar-refractivity contribution in [1.29, 1.82) is 0 Å². The van der Waals surface area contributed by atoms with Crippen LogP contribution in [0.15, 0.2) is 22.8 Å². The Morgan fingerprint density at radius 2 is 2.16 bits per heavy atom. The van der Waals surface area contributed by atoms with E-state index in [4.69, 9.17) is 10.2 Å². The molecule has 0 aliphatic rings. The average Bonchev–Trinajstić information content (AvgIpc) is 2.81. The fourth-order valence-electron chi connectivity index (χ4n) is 1.96. The molecular weight excluding hydrogens is 242 g/mol. The number of carbonyl (C=O) groups is 1. The summed E-state index contributed by atoms with van der Waals surface area (Å²) in [6.07, 6.45) is 2.33. The Hall–Kier alpha value is -1.33. The van der Waals surface area contributed by atoms with Gasteiger partial charge in [0.15, 0.2) is 0 Å². The van der Waals surface area contributed by atoms with Crippen LogP contribution in [0.2, 0.25) is 0 Å². The number of nitrogens with two attached hydrogens (primary N) is 1. The molecule has 3 N–H and O–H groups in total. The molecule has 5 heteroatoms. The van der Waals surface area contributed by atoms with Crippen LogP contribution < -0.4 is 11.1 Å². The molecule has 0 aliphatic carbocycles. The number of carbonyl (C=O) groups excluding carboxylic acids is 1. The van der Waals surface area contributed by atoms with Crippen LogP contribution in [0.1, 0.15) is 32.1 Å². The third-order valence-corrected chi connectivity index (χ3v) is 3.03.